The minimum Gasteiger partial charge on any atom is -0.469 e. The number of hydrogen-bond acceptors (Lipinski definition) is 5. The van der Waals surface area contributed by atoms with Crippen LogP contribution in [-0.4, -0.2) is 38.9 Å². The molecule has 0 aromatic carbocycles. The molecule has 0 heterocycles. The predicted molar refractivity (Wildman–Crippen MR) is 134 cm³/mol. The van der Waals surface area contributed by atoms with Gasteiger partial charge in [0, 0.05) is 6.61 Å². The van der Waals surface area contributed by atoms with Crippen molar-refractivity contribution in [1.29, 1.82) is 0 Å². The van der Waals surface area contributed by atoms with Crippen LogP contribution >= 0.6 is 0 Å². The van der Waals surface area contributed by atoms with Crippen molar-refractivity contribution < 1.29 is 23.8 Å². The zero-order valence-corrected chi connectivity index (χ0v) is 22.6. The summed E-state index contributed by atoms with van der Waals surface area (Å²) in [6, 6.07) is 0. The van der Waals surface area contributed by atoms with Gasteiger partial charge in [0.1, 0.15) is 6.61 Å². The Kier molecular flexibility index (Phi) is 21.2. The highest BCUT2D eigenvalue weighted by atomic mass is 16.6. The molecular formula is C27H54O5. The Morgan fingerprint density at radius 3 is 1.44 bits per heavy atom. The Bertz CT molecular complexity index is 457. The van der Waals surface area contributed by atoms with Gasteiger partial charge in [0.2, 0.25) is 0 Å². The summed E-state index contributed by atoms with van der Waals surface area (Å²) in [5.74, 6) is -0.257. The Morgan fingerprint density at radius 2 is 1.03 bits per heavy atom. The number of carbonyl (C=O) groups is 2. The van der Waals surface area contributed by atoms with E-state index in [1.54, 1.807) is 0 Å². The first-order valence-corrected chi connectivity index (χ1v) is 12.9. The predicted octanol–water partition coefficient (Wildman–Crippen LogP) is 7.50. The third-order valence-corrected chi connectivity index (χ3v) is 6.16. The SMILES string of the molecule is CCC(C)(C)C(=O)OC.CCCCCCCCCCCCOCCOC(=O)C(C)(C)CC. The van der Waals surface area contributed by atoms with Gasteiger partial charge < -0.3 is 14.2 Å². The van der Waals surface area contributed by atoms with Gasteiger partial charge >= 0.3 is 11.9 Å². The van der Waals surface area contributed by atoms with Crippen molar-refractivity contribution in [3.8, 4) is 0 Å². The van der Waals surface area contributed by atoms with Crippen LogP contribution < -0.4 is 0 Å². The standard InChI is InChI=1S/C20H40O3.C7H14O2/c1-5-7-8-9-10-11-12-13-14-15-16-22-17-18-23-19(21)20(3,4)6-2;1-5-7(2,3)6(8)9-4/h5-18H2,1-4H3;5H2,1-4H3. The van der Waals surface area contributed by atoms with Crippen molar-refractivity contribution in [3.05, 3.63) is 0 Å². The monoisotopic (exact) mass is 458 g/mol. The molecule has 0 atom stereocenters. The molecule has 0 N–H and O–H groups in total. The third-order valence-electron chi connectivity index (χ3n) is 6.16. The highest BCUT2D eigenvalue weighted by Gasteiger charge is 2.27. The van der Waals surface area contributed by atoms with Gasteiger partial charge in [0.05, 0.1) is 24.5 Å². The summed E-state index contributed by atoms with van der Waals surface area (Å²) >= 11 is 0. The molecule has 0 amide bonds. The number of esters is 2. The highest BCUT2D eigenvalue weighted by Crippen LogP contribution is 2.21. The fourth-order valence-electron chi connectivity index (χ4n) is 2.75. The van der Waals surface area contributed by atoms with E-state index in [4.69, 9.17) is 9.47 Å². The van der Waals surface area contributed by atoms with Gasteiger partial charge in [-0.05, 0) is 47.0 Å². The Morgan fingerprint density at radius 1 is 0.594 bits per heavy atom. The van der Waals surface area contributed by atoms with Crippen LogP contribution in [0.15, 0.2) is 0 Å². The maximum absolute atomic E-state index is 11.7. The second kappa shape index (κ2) is 20.5. The summed E-state index contributed by atoms with van der Waals surface area (Å²) < 4.78 is 15.3. The van der Waals surface area contributed by atoms with Crippen molar-refractivity contribution in [2.24, 2.45) is 10.8 Å². The molecule has 0 fully saturated rings. The Hall–Kier alpha value is -1.10. The molecule has 0 aromatic heterocycles. The number of unbranched alkanes of at least 4 members (excludes halogenated alkanes) is 9. The first-order chi connectivity index (χ1) is 15.1. The fraction of sp³-hybridized carbons (Fsp3) is 0.926. The lowest BCUT2D eigenvalue weighted by Crippen LogP contribution is -2.27. The highest BCUT2D eigenvalue weighted by molar-refractivity contribution is 5.76. The molecule has 0 saturated heterocycles. The second-order valence-corrected chi connectivity index (χ2v) is 9.90. The molecule has 0 aliphatic heterocycles. The molecule has 0 rings (SSSR count). The van der Waals surface area contributed by atoms with Gasteiger partial charge in [-0.1, -0.05) is 78.6 Å². The van der Waals surface area contributed by atoms with E-state index in [0.717, 1.165) is 25.9 Å². The first kappa shape index (κ1) is 33.1. The zero-order chi connectivity index (χ0) is 24.9. The molecule has 32 heavy (non-hydrogen) atoms. The van der Waals surface area contributed by atoms with Crippen molar-refractivity contribution in [3.63, 3.8) is 0 Å². The average molecular weight is 459 g/mol. The van der Waals surface area contributed by atoms with Crippen LogP contribution in [0, 0.1) is 10.8 Å². The van der Waals surface area contributed by atoms with Crippen molar-refractivity contribution >= 4 is 11.9 Å². The largest absolute Gasteiger partial charge is 0.469 e. The molecule has 0 radical (unpaired) electrons. The van der Waals surface area contributed by atoms with E-state index in [1.165, 1.54) is 64.9 Å². The number of hydrogen-bond donors (Lipinski definition) is 0. The molecule has 5 heteroatoms. The van der Waals surface area contributed by atoms with E-state index < -0.39 is 0 Å². The third kappa shape index (κ3) is 18.5. The normalized spacial score (nSPS) is 11.5. The van der Waals surface area contributed by atoms with Gasteiger partial charge in [-0.15, -0.1) is 0 Å². The lowest BCUT2D eigenvalue weighted by atomic mass is 9.91. The molecule has 5 nitrogen and oxygen atoms in total. The van der Waals surface area contributed by atoms with E-state index in [-0.39, 0.29) is 22.8 Å². The van der Waals surface area contributed by atoms with Gasteiger partial charge in [0.25, 0.3) is 0 Å². The lowest BCUT2D eigenvalue weighted by molar-refractivity contribution is -0.155. The number of carbonyl (C=O) groups excluding carboxylic acids is 2. The van der Waals surface area contributed by atoms with Crippen LogP contribution in [0.25, 0.3) is 0 Å². The molecule has 0 saturated carbocycles. The van der Waals surface area contributed by atoms with Crippen molar-refractivity contribution in [2.75, 3.05) is 26.9 Å². The Labute approximate surface area is 199 Å². The number of methoxy groups -OCH3 is 1. The van der Waals surface area contributed by atoms with Crippen LogP contribution in [-0.2, 0) is 23.8 Å². The van der Waals surface area contributed by atoms with E-state index in [1.807, 2.05) is 41.5 Å². The summed E-state index contributed by atoms with van der Waals surface area (Å²) in [5, 5.41) is 0. The molecule has 0 unspecified atom stereocenters. The zero-order valence-electron chi connectivity index (χ0n) is 22.6. The van der Waals surface area contributed by atoms with E-state index >= 15 is 0 Å². The molecule has 0 spiro atoms. The van der Waals surface area contributed by atoms with Crippen LogP contribution in [0.5, 0.6) is 0 Å². The Balaban J connectivity index is 0. The van der Waals surface area contributed by atoms with E-state index in [2.05, 4.69) is 11.7 Å². The maximum atomic E-state index is 11.7. The summed E-state index contributed by atoms with van der Waals surface area (Å²) in [5.41, 5.74) is -0.689. The van der Waals surface area contributed by atoms with Gasteiger partial charge in [0.15, 0.2) is 0 Å². The number of rotatable bonds is 18. The summed E-state index contributed by atoms with van der Waals surface area (Å²) in [6.07, 6.45) is 15.0. The average Bonchev–Trinajstić information content (AvgIpc) is 2.78. The molecule has 0 aliphatic carbocycles. The van der Waals surface area contributed by atoms with Crippen LogP contribution in [0.2, 0.25) is 0 Å². The molecule has 192 valence electrons. The number of ether oxygens (including phenoxy) is 3. The fourth-order valence-corrected chi connectivity index (χ4v) is 2.75. The topological polar surface area (TPSA) is 61.8 Å². The van der Waals surface area contributed by atoms with Crippen LogP contribution in [0.3, 0.4) is 0 Å². The summed E-state index contributed by atoms with van der Waals surface area (Å²) in [6.45, 7) is 15.5. The van der Waals surface area contributed by atoms with E-state index in [9.17, 15) is 9.59 Å². The quantitative estimate of drug-likeness (QED) is 0.157. The minimum atomic E-state index is -0.378. The minimum absolute atomic E-state index is 0.123. The van der Waals surface area contributed by atoms with Crippen LogP contribution in [0.1, 0.15) is 126 Å². The summed E-state index contributed by atoms with van der Waals surface area (Å²) in [4.78, 5) is 22.6. The molecule has 0 aliphatic rings. The molecule has 0 aromatic rings. The lowest BCUT2D eigenvalue weighted by Gasteiger charge is -2.20. The van der Waals surface area contributed by atoms with Gasteiger partial charge in [-0.3, -0.25) is 9.59 Å². The van der Waals surface area contributed by atoms with Crippen molar-refractivity contribution in [1.82, 2.24) is 0 Å². The maximum Gasteiger partial charge on any atom is 0.311 e. The van der Waals surface area contributed by atoms with Gasteiger partial charge in [-0.2, -0.15) is 0 Å². The smallest absolute Gasteiger partial charge is 0.311 e. The summed E-state index contributed by atoms with van der Waals surface area (Å²) in [7, 11) is 1.42. The second-order valence-electron chi connectivity index (χ2n) is 9.90. The van der Waals surface area contributed by atoms with Gasteiger partial charge in [-0.25, -0.2) is 0 Å². The molecule has 0 bridgehead atoms. The first-order valence-electron chi connectivity index (χ1n) is 12.9. The van der Waals surface area contributed by atoms with Crippen LogP contribution in [0.4, 0.5) is 0 Å². The van der Waals surface area contributed by atoms with E-state index in [0.29, 0.717) is 13.2 Å². The van der Waals surface area contributed by atoms with Crippen molar-refractivity contribution in [2.45, 2.75) is 126 Å². The molecular weight excluding hydrogens is 404 g/mol.